The summed E-state index contributed by atoms with van der Waals surface area (Å²) in [4.78, 5) is 8.83. The number of hydrogen-bond donors (Lipinski definition) is 2. The second kappa shape index (κ2) is 6.81. The highest BCUT2D eigenvalue weighted by Gasteiger charge is 2.17. The maximum Gasteiger partial charge on any atom is 0.128 e. The van der Waals surface area contributed by atoms with Crippen molar-refractivity contribution in [1.29, 1.82) is 0 Å². The normalized spacial score (nSPS) is 12.6. The summed E-state index contributed by atoms with van der Waals surface area (Å²) < 4.78 is 0. The second-order valence-electron chi connectivity index (χ2n) is 5.08. The van der Waals surface area contributed by atoms with Crippen LogP contribution in [0.25, 0.3) is 0 Å². The van der Waals surface area contributed by atoms with Gasteiger partial charge in [-0.15, -0.1) is 11.3 Å². The molecule has 2 aromatic heterocycles. The summed E-state index contributed by atoms with van der Waals surface area (Å²) >= 11 is 1.70. The van der Waals surface area contributed by atoms with Crippen LogP contribution in [0.3, 0.4) is 0 Å². The first-order valence-electron chi connectivity index (χ1n) is 6.96. The molecule has 2 aromatic rings. The highest BCUT2D eigenvalue weighted by molar-refractivity contribution is 7.09. The van der Waals surface area contributed by atoms with Crippen LogP contribution >= 0.6 is 11.3 Å². The maximum atomic E-state index is 6.05. The topological polar surface area (TPSA) is 63.8 Å². The van der Waals surface area contributed by atoms with Crippen LogP contribution in [-0.2, 0) is 6.42 Å². The van der Waals surface area contributed by atoms with Crippen molar-refractivity contribution in [1.82, 2.24) is 15.3 Å². The summed E-state index contributed by atoms with van der Waals surface area (Å²) in [6.45, 7) is 7.19. The van der Waals surface area contributed by atoms with Gasteiger partial charge in [0.2, 0.25) is 0 Å². The maximum absolute atomic E-state index is 6.05. The van der Waals surface area contributed by atoms with E-state index >= 15 is 0 Å². The number of nitrogens with two attached hydrogens (primary N) is 1. The second-order valence-corrected chi connectivity index (χ2v) is 6.02. The Bertz CT molecular complexity index is 565. The van der Waals surface area contributed by atoms with E-state index in [4.69, 9.17) is 5.73 Å². The Labute approximate surface area is 124 Å². The minimum absolute atomic E-state index is 0.174. The first-order valence-corrected chi connectivity index (χ1v) is 7.84. The molecule has 0 aliphatic heterocycles. The smallest absolute Gasteiger partial charge is 0.128 e. The van der Waals surface area contributed by atoms with Crippen LogP contribution in [-0.4, -0.2) is 16.5 Å². The fourth-order valence-corrected chi connectivity index (χ4v) is 2.98. The zero-order valence-electron chi connectivity index (χ0n) is 12.3. The lowest BCUT2D eigenvalue weighted by Gasteiger charge is -2.19. The van der Waals surface area contributed by atoms with Crippen molar-refractivity contribution in [3.8, 4) is 0 Å². The van der Waals surface area contributed by atoms with Gasteiger partial charge in [-0.05, 0) is 38.4 Å². The van der Waals surface area contributed by atoms with Crippen LogP contribution in [0.4, 0.5) is 5.82 Å². The van der Waals surface area contributed by atoms with Crippen LogP contribution in [0.5, 0.6) is 0 Å². The number of anilines is 1. The van der Waals surface area contributed by atoms with Gasteiger partial charge < -0.3 is 11.1 Å². The number of aryl methyl sites for hydroxylation is 2. The van der Waals surface area contributed by atoms with Crippen LogP contribution < -0.4 is 11.1 Å². The molecule has 0 aliphatic carbocycles. The predicted molar refractivity (Wildman–Crippen MR) is 85.0 cm³/mol. The molecule has 0 aliphatic rings. The van der Waals surface area contributed by atoms with E-state index in [-0.39, 0.29) is 6.04 Å². The van der Waals surface area contributed by atoms with Crippen molar-refractivity contribution in [2.75, 3.05) is 12.3 Å². The van der Waals surface area contributed by atoms with E-state index in [0.717, 1.165) is 41.2 Å². The van der Waals surface area contributed by atoms with E-state index < -0.39 is 0 Å². The predicted octanol–water partition coefficient (Wildman–Crippen LogP) is 3.02. The molecule has 1 atom stereocenters. The van der Waals surface area contributed by atoms with Crippen molar-refractivity contribution in [2.24, 2.45) is 0 Å². The van der Waals surface area contributed by atoms with Crippen LogP contribution in [0, 0.1) is 13.8 Å². The van der Waals surface area contributed by atoms with Crippen LogP contribution in [0.15, 0.2) is 17.6 Å². The van der Waals surface area contributed by atoms with Crippen LogP contribution in [0.2, 0.25) is 0 Å². The Hall–Kier alpha value is -1.46. The van der Waals surface area contributed by atoms with Crippen molar-refractivity contribution in [3.63, 3.8) is 0 Å². The number of aromatic nitrogens is 2. The average Bonchev–Trinajstić information content (AvgIpc) is 2.83. The zero-order valence-corrected chi connectivity index (χ0v) is 13.1. The third-order valence-corrected chi connectivity index (χ3v) is 4.14. The van der Waals surface area contributed by atoms with Crippen molar-refractivity contribution in [3.05, 3.63) is 39.5 Å². The van der Waals surface area contributed by atoms with E-state index in [1.807, 2.05) is 20.0 Å². The zero-order chi connectivity index (χ0) is 14.5. The first kappa shape index (κ1) is 14.9. The average molecular weight is 290 g/mol. The fourth-order valence-electron chi connectivity index (χ4n) is 2.16. The van der Waals surface area contributed by atoms with Gasteiger partial charge in [-0.25, -0.2) is 9.97 Å². The van der Waals surface area contributed by atoms with Gasteiger partial charge in [-0.2, -0.15) is 0 Å². The molecule has 108 valence electrons. The molecule has 0 spiro atoms. The Morgan fingerprint density at radius 3 is 2.85 bits per heavy atom. The minimum atomic E-state index is 0.174. The SMILES string of the molecule is CCCNC(Cc1nc(C)cs1)c1cc(C)cnc1N. The monoisotopic (exact) mass is 290 g/mol. The molecule has 2 rings (SSSR count). The molecule has 0 radical (unpaired) electrons. The number of rotatable bonds is 6. The third kappa shape index (κ3) is 3.77. The minimum Gasteiger partial charge on any atom is -0.383 e. The molecule has 4 nitrogen and oxygen atoms in total. The molecule has 5 heteroatoms. The summed E-state index contributed by atoms with van der Waals surface area (Å²) in [5, 5.41) is 6.78. The van der Waals surface area contributed by atoms with Crippen LogP contribution in [0.1, 0.15) is 41.2 Å². The summed E-state index contributed by atoms with van der Waals surface area (Å²) in [6, 6.07) is 2.30. The Morgan fingerprint density at radius 2 is 2.20 bits per heavy atom. The summed E-state index contributed by atoms with van der Waals surface area (Å²) in [7, 11) is 0. The van der Waals surface area contributed by atoms with Gasteiger partial charge in [0.25, 0.3) is 0 Å². The summed E-state index contributed by atoms with van der Waals surface area (Å²) in [6.07, 6.45) is 3.75. The lowest BCUT2D eigenvalue weighted by Crippen LogP contribution is -2.25. The molecule has 0 amide bonds. The molecule has 0 bridgehead atoms. The standard InChI is InChI=1S/C15H22N4S/c1-4-5-17-13(7-14-19-11(3)9-20-14)12-6-10(2)8-18-15(12)16/h6,8-9,13,17H,4-5,7H2,1-3H3,(H2,16,18). The largest absolute Gasteiger partial charge is 0.383 e. The molecule has 0 saturated carbocycles. The Kier molecular flexibility index (Phi) is 5.09. The number of pyridine rings is 1. The van der Waals surface area contributed by atoms with Gasteiger partial charge in [0.05, 0.1) is 5.01 Å². The van der Waals surface area contributed by atoms with Crippen molar-refractivity contribution in [2.45, 2.75) is 39.7 Å². The molecular weight excluding hydrogens is 268 g/mol. The van der Waals surface area contributed by atoms with E-state index in [1.165, 1.54) is 0 Å². The van der Waals surface area contributed by atoms with E-state index in [9.17, 15) is 0 Å². The van der Waals surface area contributed by atoms with E-state index in [2.05, 4.69) is 33.7 Å². The lowest BCUT2D eigenvalue weighted by molar-refractivity contribution is 0.528. The van der Waals surface area contributed by atoms with Gasteiger partial charge in [0.1, 0.15) is 5.82 Å². The molecule has 20 heavy (non-hydrogen) atoms. The van der Waals surface area contributed by atoms with Gasteiger partial charge >= 0.3 is 0 Å². The van der Waals surface area contributed by atoms with Gasteiger partial charge in [0, 0.05) is 35.3 Å². The third-order valence-electron chi connectivity index (χ3n) is 3.15. The first-order chi connectivity index (χ1) is 9.60. The Balaban J connectivity index is 2.24. The number of nitrogen functional groups attached to an aromatic ring is 1. The molecule has 2 heterocycles. The quantitative estimate of drug-likeness (QED) is 0.858. The summed E-state index contributed by atoms with van der Waals surface area (Å²) in [5.74, 6) is 0.609. The van der Waals surface area contributed by atoms with Crippen molar-refractivity contribution < 1.29 is 0 Å². The van der Waals surface area contributed by atoms with Gasteiger partial charge in [-0.3, -0.25) is 0 Å². The van der Waals surface area contributed by atoms with E-state index in [0.29, 0.717) is 5.82 Å². The molecule has 0 saturated heterocycles. The van der Waals surface area contributed by atoms with Crippen molar-refractivity contribution >= 4 is 17.2 Å². The molecule has 3 N–H and O–H groups in total. The van der Waals surface area contributed by atoms with Gasteiger partial charge in [-0.1, -0.05) is 6.92 Å². The molecular formula is C15H22N4S. The molecule has 1 unspecified atom stereocenters. The Morgan fingerprint density at radius 1 is 1.40 bits per heavy atom. The summed E-state index contributed by atoms with van der Waals surface area (Å²) in [5.41, 5.74) is 9.34. The fraction of sp³-hybridized carbons (Fsp3) is 0.467. The highest BCUT2D eigenvalue weighted by Crippen LogP contribution is 2.25. The molecule has 0 aromatic carbocycles. The highest BCUT2D eigenvalue weighted by atomic mass is 32.1. The number of nitrogens with zero attached hydrogens (tertiary/aromatic N) is 2. The lowest BCUT2D eigenvalue weighted by atomic mass is 10.0. The number of thiazole rings is 1. The van der Waals surface area contributed by atoms with Gasteiger partial charge in [0.15, 0.2) is 0 Å². The number of hydrogen-bond acceptors (Lipinski definition) is 5. The van der Waals surface area contributed by atoms with E-state index in [1.54, 1.807) is 11.3 Å². The molecule has 0 fully saturated rings. The number of nitrogens with one attached hydrogen (secondary N) is 1.